The van der Waals surface area contributed by atoms with Crippen molar-refractivity contribution < 1.29 is 14.2 Å². The Kier molecular flexibility index (Phi) is 4.93. The Labute approximate surface area is 142 Å². The Morgan fingerprint density at radius 1 is 1.00 bits per heavy atom. The van der Waals surface area contributed by atoms with Gasteiger partial charge in [-0.05, 0) is 47.9 Å². The van der Waals surface area contributed by atoms with Crippen LogP contribution in [0.25, 0.3) is 0 Å². The molecule has 1 aliphatic rings. The maximum Gasteiger partial charge on any atom is 0.161 e. The van der Waals surface area contributed by atoms with Crippen LogP contribution >= 0.6 is 0 Å². The fraction of sp³-hybridized carbons (Fsp3) is 0.300. The first-order valence-electron chi connectivity index (χ1n) is 7.89. The Morgan fingerprint density at radius 3 is 2.54 bits per heavy atom. The lowest BCUT2D eigenvalue weighted by Crippen LogP contribution is -2.29. The molecule has 124 valence electrons. The summed E-state index contributed by atoms with van der Waals surface area (Å²) in [5.41, 5.74) is 3.33. The van der Waals surface area contributed by atoms with E-state index in [-0.39, 0.29) is 6.04 Å². The standard InChI is InChI=1S/C20H21NO3/c1-22-16-6-4-5-14(11-16)7-8-18-17-13-20(24-3)19(23-2)12-15(17)9-10-21-18/h4-6,11-13,18,21H,9-10H2,1-3H3. The number of hydrogen-bond donors (Lipinski definition) is 1. The quantitative estimate of drug-likeness (QED) is 0.882. The highest BCUT2D eigenvalue weighted by molar-refractivity contribution is 5.52. The van der Waals surface area contributed by atoms with Crippen molar-refractivity contribution in [3.8, 4) is 29.1 Å². The minimum atomic E-state index is -0.0280. The molecule has 2 aromatic carbocycles. The van der Waals surface area contributed by atoms with Gasteiger partial charge in [-0.2, -0.15) is 0 Å². The summed E-state index contributed by atoms with van der Waals surface area (Å²) in [6.45, 7) is 0.889. The number of hydrogen-bond acceptors (Lipinski definition) is 4. The van der Waals surface area contributed by atoms with Gasteiger partial charge in [0.25, 0.3) is 0 Å². The number of methoxy groups -OCH3 is 3. The third-order valence-electron chi connectivity index (χ3n) is 4.13. The van der Waals surface area contributed by atoms with Gasteiger partial charge in [0.15, 0.2) is 11.5 Å². The molecule has 0 bridgehead atoms. The number of fused-ring (bicyclic) bond motifs is 1. The molecule has 0 spiro atoms. The fourth-order valence-electron chi connectivity index (χ4n) is 2.87. The average Bonchev–Trinajstić information content (AvgIpc) is 2.65. The van der Waals surface area contributed by atoms with Crippen LogP contribution in [0.3, 0.4) is 0 Å². The average molecular weight is 323 g/mol. The van der Waals surface area contributed by atoms with Gasteiger partial charge in [-0.15, -0.1) is 0 Å². The number of rotatable bonds is 3. The zero-order valence-corrected chi connectivity index (χ0v) is 14.2. The van der Waals surface area contributed by atoms with Crippen LogP contribution in [0, 0.1) is 11.8 Å². The predicted octanol–water partition coefficient (Wildman–Crippen LogP) is 2.95. The summed E-state index contributed by atoms with van der Waals surface area (Å²) >= 11 is 0. The second kappa shape index (κ2) is 7.29. The first-order chi connectivity index (χ1) is 11.7. The molecule has 1 N–H and O–H groups in total. The van der Waals surface area contributed by atoms with Gasteiger partial charge in [-0.3, -0.25) is 5.32 Å². The summed E-state index contributed by atoms with van der Waals surface area (Å²) in [7, 11) is 4.97. The maximum atomic E-state index is 5.43. The van der Waals surface area contributed by atoms with Gasteiger partial charge in [0.1, 0.15) is 5.75 Å². The fourth-order valence-corrected chi connectivity index (χ4v) is 2.87. The Bertz CT molecular complexity index is 789. The molecule has 1 atom stereocenters. The monoisotopic (exact) mass is 323 g/mol. The van der Waals surface area contributed by atoms with Gasteiger partial charge >= 0.3 is 0 Å². The molecule has 0 saturated heterocycles. The summed E-state index contributed by atoms with van der Waals surface area (Å²) in [6.07, 6.45) is 0.951. The lowest BCUT2D eigenvalue weighted by molar-refractivity contribution is 0.353. The normalized spacial score (nSPS) is 15.7. The van der Waals surface area contributed by atoms with Crippen LogP contribution in [-0.2, 0) is 6.42 Å². The van der Waals surface area contributed by atoms with Gasteiger partial charge in [-0.25, -0.2) is 0 Å². The molecule has 0 saturated carbocycles. The summed E-state index contributed by atoms with van der Waals surface area (Å²) in [5, 5.41) is 3.46. The first kappa shape index (κ1) is 16.2. The van der Waals surface area contributed by atoms with E-state index in [0.29, 0.717) is 0 Å². The lowest BCUT2D eigenvalue weighted by Gasteiger charge is -2.24. The highest BCUT2D eigenvalue weighted by Gasteiger charge is 2.21. The number of nitrogens with one attached hydrogen (secondary N) is 1. The third-order valence-corrected chi connectivity index (χ3v) is 4.13. The van der Waals surface area contributed by atoms with Crippen molar-refractivity contribution in [2.24, 2.45) is 0 Å². The van der Waals surface area contributed by atoms with Crippen LogP contribution in [0.4, 0.5) is 0 Å². The maximum absolute atomic E-state index is 5.43. The molecular weight excluding hydrogens is 302 g/mol. The topological polar surface area (TPSA) is 39.7 Å². The molecule has 24 heavy (non-hydrogen) atoms. The molecule has 4 nitrogen and oxygen atoms in total. The van der Waals surface area contributed by atoms with Crippen LogP contribution < -0.4 is 19.5 Å². The van der Waals surface area contributed by atoms with Crippen LogP contribution in [0.5, 0.6) is 17.2 Å². The molecule has 1 heterocycles. The Hall–Kier alpha value is -2.64. The molecular formula is C20H21NO3. The van der Waals surface area contributed by atoms with E-state index in [1.165, 1.54) is 5.56 Å². The van der Waals surface area contributed by atoms with E-state index in [9.17, 15) is 0 Å². The Morgan fingerprint density at radius 2 is 1.79 bits per heavy atom. The van der Waals surface area contributed by atoms with Crippen LogP contribution in [0.2, 0.25) is 0 Å². The van der Waals surface area contributed by atoms with Crippen LogP contribution in [-0.4, -0.2) is 27.9 Å². The van der Waals surface area contributed by atoms with Crippen molar-refractivity contribution in [1.82, 2.24) is 5.32 Å². The highest BCUT2D eigenvalue weighted by atomic mass is 16.5. The lowest BCUT2D eigenvalue weighted by atomic mass is 9.93. The van der Waals surface area contributed by atoms with Gasteiger partial charge in [0.2, 0.25) is 0 Å². The summed E-state index contributed by atoms with van der Waals surface area (Å²) in [5.74, 6) is 8.85. The zero-order valence-electron chi connectivity index (χ0n) is 14.2. The van der Waals surface area contributed by atoms with E-state index in [2.05, 4.69) is 23.2 Å². The first-order valence-corrected chi connectivity index (χ1v) is 7.89. The Balaban J connectivity index is 1.94. The van der Waals surface area contributed by atoms with E-state index in [4.69, 9.17) is 14.2 Å². The molecule has 0 radical (unpaired) electrons. The van der Waals surface area contributed by atoms with E-state index in [1.54, 1.807) is 21.3 Å². The second-order valence-electron chi connectivity index (χ2n) is 5.54. The van der Waals surface area contributed by atoms with Gasteiger partial charge in [-0.1, -0.05) is 17.9 Å². The third kappa shape index (κ3) is 3.32. The van der Waals surface area contributed by atoms with Crippen molar-refractivity contribution in [2.75, 3.05) is 27.9 Å². The van der Waals surface area contributed by atoms with Crippen LogP contribution in [0.1, 0.15) is 22.7 Å². The van der Waals surface area contributed by atoms with E-state index < -0.39 is 0 Å². The van der Waals surface area contributed by atoms with Crippen molar-refractivity contribution in [2.45, 2.75) is 12.5 Å². The van der Waals surface area contributed by atoms with Gasteiger partial charge < -0.3 is 14.2 Å². The zero-order chi connectivity index (χ0) is 16.9. The van der Waals surface area contributed by atoms with E-state index in [0.717, 1.165) is 41.3 Å². The predicted molar refractivity (Wildman–Crippen MR) is 93.9 cm³/mol. The van der Waals surface area contributed by atoms with Crippen LogP contribution in [0.15, 0.2) is 36.4 Å². The van der Waals surface area contributed by atoms with E-state index in [1.807, 2.05) is 30.3 Å². The molecule has 0 amide bonds. The van der Waals surface area contributed by atoms with Gasteiger partial charge in [0, 0.05) is 12.1 Å². The molecule has 0 aromatic heterocycles. The molecule has 2 aromatic rings. The largest absolute Gasteiger partial charge is 0.497 e. The minimum absolute atomic E-state index is 0.0280. The smallest absolute Gasteiger partial charge is 0.161 e. The molecule has 0 aliphatic carbocycles. The molecule has 3 rings (SSSR count). The highest BCUT2D eigenvalue weighted by Crippen LogP contribution is 2.34. The molecule has 0 fully saturated rings. The minimum Gasteiger partial charge on any atom is -0.497 e. The number of ether oxygens (including phenoxy) is 3. The second-order valence-corrected chi connectivity index (χ2v) is 5.54. The number of benzene rings is 2. The van der Waals surface area contributed by atoms with Gasteiger partial charge in [0.05, 0.1) is 27.4 Å². The summed E-state index contributed by atoms with van der Waals surface area (Å²) < 4.78 is 16.1. The molecule has 1 unspecified atom stereocenters. The molecule has 1 aliphatic heterocycles. The van der Waals surface area contributed by atoms with E-state index >= 15 is 0 Å². The summed E-state index contributed by atoms with van der Waals surface area (Å²) in [6, 6.07) is 11.8. The van der Waals surface area contributed by atoms with Crippen molar-refractivity contribution in [1.29, 1.82) is 0 Å². The van der Waals surface area contributed by atoms with Crippen molar-refractivity contribution in [3.63, 3.8) is 0 Å². The van der Waals surface area contributed by atoms with Crippen molar-refractivity contribution >= 4 is 0 Å². The molecule has 4 heteroatoms. The summed E-state index contributed by atoms with van der Waals surface area (Å²) in [4.78, 5) is 0. The van der Waals surface area contributed by atoms with Crippen molar-refractivity contribution in [3.05, 3.63) is 53.1 Å². The SMILES string of the molecule is COc1cccc(C#CC2NCCc3cc(OC)c(OC)cc32)c1.